The van der Waals surface area contributed by atoms with E-state index in [0.717, 1.165) is 41.2 Å². The topological polar surface area (TPSA) is 90.4 Å². The minimum atomic E-state index is -0.530. The molecule has 2 aliphatic rings. The lowest BCUT2D eigenvalue weighted by Crippen LogP contribution is -2.42. The van der Waals surface area contributed by atoms with Crippen molar-refractivity contribution in [2.75, 3.05) is 7.11 Å². The number of primary amides is 1. The van der Waals surface area contributed by atoms with Crippen LogP contribution in [-0.4, -0.2) is 45.5 Å². The number of fused-ring (bicyclic) bond motifs is 3. The molecule has 0 spiro atoms. The van der Waals surface area contributed by atoms with Crippen molar-refractivity contribution in [2.45, 2.75) is 44.8 Å². The number of nitrogens with two attached hydrogens (primary N) is 1. The first-order valence-electron chi connectivity index (χ1n) is 10.9. The number of rotatable bonds is 4. The Bertz CT molecular complexity index is 1200. The Labute approximate surface area is 186 Å². The molecular weight excluding hydrogens is 404 g/mol. The van der Waals surface area contributed by atoms with Crippen LogP contribution in [0.15, 0.2) is 48.5 Å². The van der Waals surface area contributed by atoms with Gasteiger partial charge in [0.2, 0.25) is 0 Å². The second-order valence-electron chi connectivity index (χ2n) is 8.55. The molecule has 164 valence electrons. The van der Waals surface area contributed by atoms with E-state index >= 15 is 0 Å². The Balaban J connectivity index is 1.55. The maximum Gasteiger partial charge on any atom is 0.269 e. The zero-order chi connectivity index (χ0) is 22.4. The summed E-state index contributed by atoms with van der Waals surface area (Å²) in [6, 6.07) is 15.4. The summed E-state index contributed by atoms with van der Waals surface area (Å²) in [5.74, 6) is 0.962. The Hall–Kier alpha value is -3.61. The van der Waals surface area contributed by atoms with Gasteiger partial charge >= 0.3 is 0 Å². The minimum Gasteiger partial charge on any atom is -0.497 e. The SMILES string of the molecule is COc1ccc(C(=O)N2[C@@H]3CC[C@H]2Cc2c(C(N)=O)nc(-c4ccccc4)n2C3)c(C)c1. The van der Waals surface area contributed by atoms with Crippen LogP contribution >= 0.6 is 0 Å². The molecule has 2 atom stereocenters. The van der Waals surface area contributed by atoms with Crippen molar-refractivity contribution in [2.24, 2.45) is 5.73 Å². The fourth-order valence-corrected chi connectivity index (χ4v) is 5.14. The molecule has 7 heteroatoms. The van der Waals surface area contributed by atoms with Gasteiger partial charge in [-0.3, -0.25) is 9.59 Å². The van der Waals surface area contributed by atoms with E-state index in [1.807, 2.05) is 60.4 Å². The van der Waals surface area contributed by atoms with Gasteiger partial charge in [-0.1, -0.05) is 30.3 Å². The van der Waals surface area contributed by atoms with Gasteiger partial charge in [-0.15, -0.1) is 0 Å². The van der Waals surface area contributed by atoms with Crippen molar-refractivity contribution >= 4 is 11.8 Å². The molecule has 1 aromatic heterocycles. The summed E-state index contributed by atoms with van der Waals surface area (Å²) in [7, 11) is 1.62. The lowest BCUT2D eigenvalue weighted by atomic mass is 10.0. The summed E-state index contributed by atoms with van der Waals surface area (Å²) < 4.78 is 7.39. The van der Waals surface area contributed by atoms with Gasteiger partial charge in [0.25, 0.3) is 11.8 Å². The van der Waals surface area contributed by atoms with Crippen LogP contribution in [0.25, 0.3) is 11.4 Å². The number of benzene rings is 2. The first-order valence-corrected chi connectivity index (χ1v) is 10.9. The lowest BCUT2D eigenvalue weighted by molar-refractivity contribution is 0.0665. The van der Waals surface area contributed by atoms with Gasteiger partial charge in [-0.2, -0.15) is 0 Å². The van der Waals surface area contributed by atoms with Gasteiger partial charge in [0, 0.05) is 30.1 Å². The van der Waals surface area contributed by atoms with Crippen LogP contribution in [0.3, 0.4) is 0 Å². The molecule has 3 aromatic rings. The fraction of sp³-hybridized carbons (Fsp3) is 0.320. The van der Waals surface area contributed by atoms with Crippen LogP contribution in [0.5, 0.6) is 5.75 Å². The Morgan fingerprint density at radius 2 is 1.84 bits per heavy atom. The van der Waals surface area contributed by atoms with E-state index in [9.17, 15) is 9.59 Å². The highest BCUT2D eigenvalue weighted by Gasteiger charge is 2.42. The molecule has 2 amide bonds. The van der Waals surface area contributed by atoms with Crippen LogP contribution in [0.4, 0.5) is 0 Å². The van der Waals surface area contributed by atoms with Gasteiger partial charge in [0.15, 0.2) is 0 Å². The third-order valence-electron chi connectivity index (χ3n) is 6.68. The Kier molecular flexibility index (Phi) is 4.96. The highest BCUT2D eigenvalue weighted by atomic mass is 16.5. The number of hydrogen-bond donors (Lipinski definition) is 1. The number of nitrogens with zero attached hydrogens (tertiary/aromatic N) is 3. The van der Waals surface area contributed by atoms with Gasteiger partial charge in [-0.05, 0) is 43.5 Å². The highest BCUT2D eigenvalue weighted by Crippen LogP contribution is 2.37. The Morgan fingerprint density at radius 1 is 1.09 bits per heavy atom. The third-order valence-corrected chi connectivity index (χ3v) is 6.68. The normalized spacial score (nSPS) is 19.4. The largest absolute Gasteiger partial charge is 0.497 e. The highest BCUT2D eigenvalue weighted by molar-refractivity contribution is 5.97. The number of aryl methyl sites for hydroxylation is 1. The first-order chi connectivity index (χ1) is 15.5. The van der Waals surface area contributed by atoms with Crippen LogP contribution in [-0.2, 0) is 13.0 Å². The molecule has 5 rings (SSSR count). The summed E-state index contributed by atoms with van der Waals surface area (Å²) in [4.78, 5) is 32.5. The molecule has 32 heavy (non-hydrogen) atoms. The van der Waals surface area contributed by atoms with Gasteiger partial charge in [0.05, 0.1) is 18.8 Å². The number of ether oxygens (including phenoxy) is 1. The summed E-state index contributed by atoms with van der Waals surface area (Å²) in [6.45, 7) is 2.53. The molecule has 0 radical (unpaired) electrons. The quantitative estimate of drug-likeness (QED) is 0.688. The van der Waals surface area contributed by atoms with E-state index in [4.69, 9.17) is 10.5 Å². The van der Waals surface area contributed by atoms with Crippen LogP contribution < -0.4 is 10.5 Å². The number of methoxy groups -OCH3 is 1. The molecule has 0 saturated carbocycles. The third kappa shape index (κ3) is 3.25. The maximum atomic E-state index is 13.6. The van der Waals surface area contributed by atoms with Crippen molar-refractivity contribution in [3.05, 3.63) is 71.0 Å². The number of aromatic nitrogens is 2. The molecule has 2 aromatic carbocycles. The summed E-state index contributed by atoms with van der Waals surface area (Å²) in [6.07, 6.45) is 2.38. The second kappa shape index (κ2) is 7.82. The molecule has 2 bridgehead atoms. The molecule has 3 heterocycles. The molecule has 2 N–H and O–H groups in total. The van der Waals surface area contributed by atoms with Crippen molar-refractivity contribution in [3.63, 3.8) is 0 Å². The van der Waals surface area contributed by atoms with E-state index in [1.54, 1.807) is 7.11 Å². The number of carbonyl (C=O) groups is 2. The number of hydrogen-bond acceptors (Lipinski definition) is 4. The average molecular weight is 431 g/mol. The lowest BCUT2D eigenvalue weighted by Gasteiger charge is -2.29. The maximum absolute atomic E-state index is 13.6. The molecular formula is C25H26N4O3. The van der Waals surface area contributed by atoms with Gasteiger partial charge in [-0.25, -0.2) is 4.98 Å². The summed E-state index contributed by atoms with van der Waals surface area (Å²) >= 11 is 0. The van der Waals surface area contributed by atoms with Crippen LogP contribution in [0.1, 0.15) is 44.9 Å². The number of imidazole rings is 1. The van der Waals surface area contributed by atoms with E-state index in [0.29, 0.717) is 24.2 Å². The fourth-order valence-electron chi connectivity index (χ4n) is 5.14. The monoisotopic (exact) mass is 430 g/mol. The van der Waals surface area contributed by atoms with Crippen LogP contribution in [0, 0.1) is 6.92 Å². The average Bonchev–Trinajstić information content (AvgIpc) is 3.30. The molecule has 1 saturated heterocycles. The minimum absolute atomic E-state index is 0.00803. The smallest absolute Gasteiger partial charge is 0.269 e. The van der Waals surface area contributed by atoms with Crippen molar-refractivity contribution in [1.29, 1.82) is 0 Å². The Morgan fingerprint density at radius 3 is 2.53 bits per heavy atom. The molecule has 0 aliphatic carbocycles. The number of amides is 2. The van der Waals surface area contributed by atoms with Gasteiger partial charge < -0.3 is 19.9 Å². The van der Waals surface area contributed by atoms with Crippen molar-refractivity contribution in [1.82, 2.24) is 14.5 Å². The molecule has 1 fully saturated rings. The first kappa shape index (κ1) is 20.3. The standard InChI is InChI=1S/C25H26N4O3/c1-15-12-19(32-2)10-11-20(15)25(31)29-17-8-9-18(29)14-28-21(13-17)22(23(26)30)27-24(28)16-6-4-3-5-7-16/h3-7,10-12,17-18H,8-9,13-14H2,1-2H3,(H2,26,30)/t17-,18+/m0/s1. The summed E-state index contributed by atoms with van der Waals surface area (Å²) in [5, 5.41) is 0. The van der Waals surface area contributed by atoms with E-state index < -0.39 is 5.91 Å². The molecule has 7 nitrogen and oxygen atoms in total. The van der Waals surface area contributed by atoms with E-state index in [1.165, 1.54) is 0 Å². The van der Waals surface area contributed by atoms with Gasteiger partial charge in [0.1, 0.15) is 17.3 Å². The van der Waals surface area contributed by atoms with Crippen molar-refractivity contribution in [3.8, 4) is 17.1 Å². The number of carbonyl (C=O) groups excluding carboxylic acids is 2. The zero-order valence-corrected chi connectivity index (χ0v) is 18.2. The van der Waals surface area contributed by atoms with Crippen molar-refractivity contribution < 1.29 is 14.3 Å². The van der Waals surface area contributed by atoms with Crippen LogP contribution in [0.2, 0.25) is 0 Å². The summed E-state index contributed by atoms with van der Waals surface area (Å²) in [5.41, 5.74) is 9.35. The zero-order valence-electron chi connectivity index (χ0n) is 18.2. The van der Waals surface area contributed by atoms with E-state index in [2.05, 4.69) is 9.55 Å². The molecule has 0 unspecified atom stereocenters. The van der Waals surface area contributed by atoms with E-state index in [-0.39, 0.29) is 18.0 Å². The predicted molar refractivity (Wildman–Crippen MR) is 121 cm³/mol. The molecule has 2 aliphatic heterocycles. The predicted octanol–water partition coefficient (Wildman–Crippen LogP) is 3.20. The second-order valence-corrected chi connectivity index (χ2v) is 8.55.